The van der Waals surface area contributed by atoms with Crippen LogP contribution < -0.4 is 0 Å². The lowest BCUT2D eigenvalue weighted by molar-refractivity contribution is 0.477. The van der Waals surface area contributed by atoms with Crippen molar-refractivity contribution < 1.29 is 5.11 Å². The summed E-state index contributed by atoms with van der Waals surface area (Å²) in [6.45, 7) is 0. The molecule has 0 saturated heterocycles. The molecule has 0 atom stereocenters. The van der Waals surface area contributed by atoms with Gasteiger partial charge < -0.3 is 9.51 Å². The molecule has 2 aromatic heterocycles. The first-order chi connectivity index (χ1) is 8.24. The summed E-state index contributed by atoms with van der Waals surface area (Å²) >= 11 is 5.92. The number of aromatic nitrogens is 2. The van der Waals surface area contributed by atoms with Gasteiger partial charge in [-0.15, -0.1) is 0 Å². The van der Waals surface area contributed by atoms with Crippen molar-refractivity contribution >= 4 is 17.2 Å². The fourth-order valence-electron chi connectivity index (χ4n) is 1.78. The van der Waals surface area contributed by atoms with E-state index in [4.69, 9.17) is 11.6 Å². The van der Waals surface area contributed by atoms with E-state index in [-0.39, 0.29) is 5.75 Å². The van der Waals surface area contributed by atoms with Crippen molar-refractivity contribution in [2.45, 2.75) is 0 Å². The molecule has 0 aliphatic heterocycles. The molecular formula is C13H9ClN2O. The molecule has 0 amide bonds. The first-order valence-electron chi connectivity index (χ1n) is 5.17. The van der Waals surface area contributed by atoms with Gasteiger partial charge in [0.1, 0.15) is 11.4 Å². The van der Waals surface area contributed by atoms with Crippen molar-refractivity contribution in [3.63, 3.8) is 0 Å². The average molecular weight is 245 g/mol. The zero-order chi connectivity index (χ0) is 11.8. The molecule has 0 saturated carbocycles. The van der Waals surface area contributed by atoms with Crippen LogP contribution in [0.15, 0.2) is 48.8 Å². The Morgan fingerprint density at radius 2 is 2.06 bits per heavy atom. The lowest BCUT2D eigenvalue weighted by atomic mass is 10.1. The first-order valence-corrected chi connectivity index (χ1v) is 5.54. The number of pyridine rings is 1. The van der Waals surface area contributed by atoms with Crippen molar-refractivity contribution in [2.75, 3.05) is 0 Å². The third kappa shape index (κ3) is 1.74. The van der Waals surface area contributed by atoms with E-state index in [1.54, 1.807) is 18.2 Å². The van der Waals surface area contributed by atoms with E-state index in [0.29, 0.717) is 16.3 Å². The predicted octanol–water partition coefficient (Wildman–Crippen LogP) is 3.36. The third-order valence-electron chi connectivity index (χ3n) is 2.60. The maximum atomic E-state index is 9.81. The summed E-state index contributed by atoms with van der Waals surface area (Å²) in [6.07, 6.45) is 3.77. The molecule has 17 heavy (non-hydrogen) atoms. The molecule has 84 valence electrons. The number of imidazole rings is 1. The molecule has 3 aromatic rings. The largest absolute Gasteiger partial charge is 0.507 e. The van der Waals surface area contributed by atoms with Crippen LogP contribution in [0.3, 0.4) is 0 Å². The van der Waals surface area contributed by atoms with E-state index < -0.39 is 0 Å². The van der Waals surface area contributed by atoms with Gasteiger partial charge in [0.15, 0.2) is 0 Å². The van der Waals surface area contributed by atoms with Crippen molar-refractivity contribution in [3.8, 4) is 17.0 Å². The van der Waals surface area contributed by atoms with Gasteiger partial charge in [0, 0.05) is 23.0 Å². The second kappa shape index (κ2) is 3.79. The predicted molar refractivity (Wildman–Crippen MR) is 67.3 cm³/mol. The average Bonchev–Trinajstić information content (AvgIpc) is 2.75. The number of aromatic hydroxyl groups is 1. The Hall–Kier alpha value is -2.00. The van der Waals surface area contributed by atoms with Crippen LogP contribution in [0.25, 0.3) is 16.9 Å². The van der Waals surface area contributed by atoms with E-state index >= 15 is 0 Å². The molecule has 0 aliphatic carbocycles. The van der Waals surface area contributed by atoms with Gasteiger partial charge in [-0.2, -0.15) is 0 Å². The summed E-state index contributed by atoms with van der Waals surface area (Å²) in [5.41, 5.74) is 2.18. The smallest absolute Gasteiger partial charge is 0.137 e. The number of hydrogen-bond donors (Lipinski definition) is 1. The van der Waals surface area contributed by atoms with E-state index in [1.165, 1.54) is 0 Å². The Labute approximate surface area is 103 Å². The summed E-state index contributed by atoms with van der Waals surface area (Å²) in [5, 5.41) is 10.4. The van der Waals surface area contributed by atoms with Crippen LogP contribution >= 0.6 is 11.6 Å². The lowest BCUT2D eigenvalue weighted by Crippen LogP contribution is -1.78. The fraction of sp³-hybridized carbons (Fsp3) is 0. The quantitative estimate of drug-likeness (QED) is 0.713. The highest BCUT2D eigenvalue weighted by Crippen LogP contribution is 2.30. The number of nitrogens with zero attached hydrogens (tertiary/aromatic N) is 2. The van der Waals surface area contributed by atoms with Crippen LogP contribution in [0.4, 0.5) is 0 Å². The maximum absolute atomic E-state index is 9.81. The molecule has 1 aromatic carbocycles. The molecule has 4 heteroatoms. The van der Waals surface area contributed by atoms with E-state index in [9.17, 15) is 5.11 Å². The van der Waals surface area contributed by atoms with Crippen LogP contribution in [-0.2, 0) is 0 Å². The number of phenols is 1. The monoisotopic (exact) mass is 244 g/mol. The highest BCUT2D eigenvalue weighted by molar-refractivity contribution is 6.30. The molecule has 0 unspecified atom stereocenters. The summed E-state index contributed by atoms with van der Waals surface area (Å²) in [4.78, 5) is 4.43. The molecule has 0 aliphatic rings. The molecule has 0 spiro atoms. The molecule has 1 N–H and O–H groups in total. The summed E-state index contributed by atoms with van der Waals surface area (Å²) in [7, 11) is 0. The summed E-state index contributed by atoms with van der Waals surface area (Å²) in [5.74, 6) is 0.179. The zero-order valence-electron chi connectivity index (χ0n) is 8.84. The topological polar surface area (TPSA) is 37.5 Å². The Kier molecular flexibility index (Phi) is 2.27. The second-order valence-corrected chi connectivity index (χ2v) is 4.19. The Morgan fingerprint density at radius 3 is 2.88 bits per heavy atom. The number of rotatable bonds is 1. The van der Waals surface area contributed by atoms with E-state index in [1.807, 2.05) is 35.0 Å². The SMILES string of the molecule is Oc1ccc(Cl)cc1-c1cn2ccccc2n1. The van der Waals surface area contributed by atoms with Gasteiger partial charge in [-0.05, 0) is 30.3 Å². The minimum atomic E-state index is 0.179. The molecular weight excluding hydrogens is 236 g/mol. The van der Waals surface area contributed by atoms with Crippen LogP contribution in [0.1, 0.15) is 0 Å². The van der Waals surface area contributed by atoms with E-state index in [0.717, 1.165) is 5.65 Å². The standard InChI is InChI=1S/C13H9ClN2O/c14-9-4-5-12(17)10(7-9)11-8-16-6-2-1-3-13(16)15-11/h1-8,17H. The maximum Gasteiger partial charge on any atom is 0.137 e. The van der Waals surface area contributed by atoms with Gasteiger partial charge in [0.2, 0.25) is 0 Å². The highest BCUT2D eigenvalue weighted by Gasteiger charge is 2.09. The van der Waals surface area contributed by atoms with Gasteiger partial charge >= 0.3 is 0 Å². The van der Waals surface area contributed by atoms with Crippen LogP contribution in [-0.4, -0.2) is 14.5 Å². The zero-order valence-corrected chi connectivity index (χ0v) is 9.59. The fourth-order valence-corrected chi connectivity index (χ4v) is 1.95. The number of halogens is 1. The molecule has 3 nitrogen and oxygen atoms in total. The minimum Gasteiger partial charge on any atom is -0.507 e. The number of fused-ring (bicyclic) bond motifs is 1. The van der Waals surface area contributed by atoms with Crippen molar-refractivity contribution in [2.24, 2.45) is 0 Å². The normalized spacial score (nSPS) is 10.9. The van der Waals surface area contributed by atoms with Crippen molar-refractivity contribution in [1.29, 1.82) is 0 Å². The van der Waals surface area contributed by atoms with Gasteiger partial charge in [-0.1, -0.05) is 17.7 Å². The van der Waals surface area contributed by atoms with Crippen LogP contribution in [0.2, 0.25) is 5.02 Å². The molecule has 0 radical (unpaired) electrons. The van der Waals surface area contributed by atoms with E-state index in [2.05, 4.69) is 4.98 Å². The Balaban J connectivity index is 2.23. The number of phenolic OH excluding ortho intramolecular Hbond substituents is 1. The van der Waals surface area contributed by atoms with Gasteiger partial charge in [-0.3, -0.25) is 0 Å². The Bertz CT molecular complexity index is 658. The first kappa shape index (κ1) is 10.2. The van der Waals surface area contributed by atoms with Crippen LogP contribution in [0.5, 0.6) is 5.75 Å². The number of hydrogen-bond acceptors (Lipinski definition) is 2. The molecule has 2 heterocycles. The van der Waals surface area contributed by atoms with Crippen molar-refractivity contribution in [1.82, 2.24) is 9.38 Å². The summed E-state index contributed by atoms with van der Waals surface area (Å²) < 4.78 is 1.90. The highest BCUT2D eigenvalue weighted by atomic mass is 35.5. The van der Waals surface area contributed by atoms with Crippen molar-refractivity contribution in [3.05, 3.63) is 53.8 Å². The molecule has 0 fully saturated rings. The van der Waals surface area contributed by atoms with Gasteiger partial charge in [0.05, 0.1) is 5.69 Å². The second-order valence-electron chi connectivity index (χ2n) is 3.75. The lowest BCUT2D eigenvalue weighted by Gasteiger charge is -2.00. The molecule has 0 bridgehead atoms. The minimum absolute atomic E-state index is 0.179. The molecule has 3 rings (SSSR count). The number of benzene rings is 1. The van der Waals surface area contributed by atoms with Gasteiger partial charge in [-0.25, -0.2) is 4.98 Å². The van der Waals surface area contributed by atoms with Gasteiger partial charge in [0.25, 0.3) is 0 Å². The third-order valence-corrected chi connectivity index (χ3v) is 2.83. The summed E-state index contributed by atoms with van der Waals surface area (Å²) in [6, 6.07) is 10.7. The Morgan fingerprint density at radius 1 is 1.18 bits per heavy atom. The van der Waals surface area contributed by atoms with Crippen LogP contribution in [0, 0.1) is 0 Å².